The summed E-state index contributed by atoms with van der Waals surface area (Å²) in [4.78, 5) is 37.7. The van der Waals surface area contributed by atoms with Crippen LogP contribution in [0.4, 0.5) is 4.79 Å². The van der Waals surface area contributed by atoms with Gasteiger partial charge in [-0.1, -0.05) is 98.6 Å². The molecule has 4 rings (SSSR count). The predicted molar refractivity (Wildman–Crippen MR) is 141 cm³/mol. The number of hydrogen-bond donors (Lipinski definition) is 3. The van der Waals surface area contributed by atoms with Gasteiger partial charge in [0.25, 0.3) is 0 Å². The SMILES string of the molecule is CCCCC(NC(=O)C(Cc1ccccc1)NC(=O)OCC1c2ccccc2-c2ccccc21)C(=O)O. The number of hydrogen-bond acceptors (Lipinski definition) is 4. The van der Waals surface area contributed by atoms with E-state index in [4.69, 9.17) is 4.74 Å². The molecule has 1 aliphatic carbocycles. The van der Waals surface area contributed by atoms with E-state index in [9.17, 15) is 19.5 Å². The van der Waals surface area contributed by atoms with E-state index in [1.54, 1.807) is 0 Å². The van der Waals surface area contributed by atoms with E-state index in [2.05, 4.69) is 22.8 Å². The highest BCUT2D eigenvalue weighted by atomic mass is 16.5. The van der Waals surface area contributed by atoms with E-state index >= 15 is 0 Å². The first kappa shape index (κ1) is 25.9. The highest BCUT2D eigenvalue weighted by Crippen LogP contribution is 2.44. The number of carboxylic acid groups (broad SMARTS) is 1. The summed E-state index contributed by atoms with van der Waals surface area (Å²) in [5.74, 6) is -1.76. The van der Waals surface area contributed by atoms with Gasteiger partial charge in [0, 0.05) is 12.3 Å². The number of carboxylic acids is 1. The molecule has 0 heterocycles. The van der Waals surface area contributed by atoms with Crippen LogP contribution in [0.5, 0.6) is 0 Å². The summed E-state index contributed by atoms with van der Waals surface area (Å²) < 4.78 is 5.63. The molecule has 0 fully saturated rings. The van der Waals surface area contributed by atoms with Gasteiger partial charge in [0.2, 0.25) is 5.91 Å². The number of amides is 2. The van der Waals surface area contributed by atoms with Gasteiger partial charge >= 0.3 is 12.1 Å². The number of ether oxygens (including phenoxy) is 1. The Balaban J connectivity index is 1.45. The molecule has 0 aliphatic heterocycles. The molecule has 7 nitrogen and oxygen atoms in total. The Kier molecular flexibility index (Phi) is 8.56. The van der Waals surface area contributed by atoms with Gasteiger partial charge in [0.1, 0.15) is 18.7 Å². The number of alkyl carbamates (subject to hydrolysis) is 1. The van der Waals surface area contributed by atoms with Crippen molar-refractivity contribution in [3.05, 3.63) is 95.6 Å². The molecule has 3 aromatic carbocycles. The molecule has 192 valence electrons. The molecule has 2 atom stereocenters. The summed E-state index contributed by atoms with van der Waals surface area (Å²) >= 11 is 0. The number of unbranched alkanes of at least 4 members (excludes halogenated alkanes) is 1. The molecule has 0 spiro atoms. The van der Waals surface area contributed by atoms with Crippen molar-refractivity contribution in [2.24, 2.45) is 0 Å². The molecule has 0 saturated carbocycles. The van der Waals surface area contributed by atoms with E-state index in [1.165, 1.54) is 0 Å². The van der Waals surface area contributed by atoms with E-state index < -0.39 is 30.1 Å². The minimum absolute atomic E-state index is 0.106. The van der Waals surface area contributed by atoms with Gasteiger partial charge < -0.3 is 20.5 Å². The van der Waals surface area contributed by atoms with Gasteiger partial charge in [0.05, 0.1) is 0 Å². The van der Waals surface area contributed by atoms with E-state index in [0.29, 0.717) is 12.8 Å². The molecule has 0 bridgehead atoms. The lowest BCUT2D eigenvalue weighted by Gasteiger charge is -2.22. The molecule has 2 unspecified atom stereocenters. The largest absolute Gasteiger partial charge is 0.480 e. The number of carbonyl (C=O) groups is 3. The first-order valence-electron chi connectivity index (χ1n) is 12.7. The van der Waals surface area contributed by atoms with Crippen LogP contribution in [0.15, 0.2) is 78.9 Å². The van der Waals surface area contributed by atoms with Crippen LogP contribution in [0.2, 0.25) is 0 Å². The second-order valence-corrected chi connectivity index (χ2v) is 9.25. The molecule has 7 heteroatoms. The topological polar surface area (TPSA) is 105 Å². The molecule has 1 aliphatic rings. The van der Waals surface area contributed by atoms with Gasteiger partial charge in [-0.05, 0) is 34.2 Å². The van der Waals surface area contributed by atoms with Crippen molar-refractivity contribution in [1.29, 1.82) is 0 Å². The highest BCUT2D eigenvalue weighted by molar-refractivity contribution is 5.89. The second kappa shape index (κ2) is 12.2. The van der Waals surface area contributed by atoms with Crippen LogP contribution < -0.4 is 10.6 Å². The van der Waals surface area contributed by atoms with Crippen LogP contribution in [0.3, 0.4) is 0 Å². The lowest BCUT2D eigenvalue weighted by molar-refractivity contribution is -0.142. The second-order valence-electron chi connectivity index (χ2n) is 9.25. The maximum atomic E-state index is 13.1. The van der Waals surface area contributed by atoms with Crippen LogP contribution in [0.25, 0.3) is 11.1 Å². The monoisotopic (exact) mass is 500 g/mol. The van der Waals surface area contributed by atoms with Gasteiger partial charge in [-0.15, -0.1) is 0 Å². The summed E-state index contributed by atoms with van der Waals surface area (Å²) in [7, 11) is 0. The van der Waals surface area contributed by atoms with Crippen LogP contribution in [0.1, 0.15) is 48.8 Å². The summed E-state index contributed by atoms with van der Waals surface area (Å²) in [6.07, 6.45) is 1.28. The number of fused-ring (bicyclic) bond motifs is 3. The Labute approximate surface area is 216 Å². The zero-order chi connectivity index (χ0) is 26.2. The summed E-state index contributed by atoms with van der Waals surface area (Å²) in [6.45, 7) is 2.07. The summed E-state index contributed by atoms with van der Waals surface area (Å²) in [5.41, 5.74) is 5.27. The number of carbonyl (C=O) groups excluding carboxylic acids is 2. The average molecular weight is 501 g/mol. The van der Waals surface area contributed by atoms with Crippen LogP contribution in [-0.2, 0) is 20.7 Å². The Morgan fingerprint density at radius 2 is 1.43 bits per heavy atom. The summed E-state index contributed by atoms with van der Waals surface area (Å²) in [5, 5.41) is 14.8. The fourth-order valence-corrected chi connectivity index (χ4v) is 4.78. The van der Waals surface area contributed by atoms with Crippen molar-refractivity contribution in [2.75, 3.05) is 6.61 Å². The lowest BCUT2D eigenvalue weighted by Crippen LogP contribution is -2.52. The molecule has 3 N–H and O–H groups in total. The molecule has 37 heavy (non-hydrogen) atoms. The Bertz CT molecular complexity index is 1200. The van der Waals surface area contributed by atoms with Gasteiger partial charge in [-0.3, -0.25) is 4.79 Å². The van der Waals surface area contributed by atoms with Gasteiger partial charge in [0.15, 0.2) is 0 Å². The molecular weight excluding hydrogens is 468 g/mol. The first-order valence-corrected chi connectivity index (χ1v) is 12.7. The normalized spacial score (nSPS) is 13.6. The van der Waals surface area contributed by atoms with Crippen molar-refractivity contribution < 1.29 is 24.2 Å². The van der Waals surface area contributed by atoms with Crippen molar-refractivity contribution in [3.8, 4) is 11.1 Å². The minimum Gasteiger partial charge on any atom is -0.480 e. The fourth-order valence-electron chi connectivity index (χ4n) is 4.78. The number of rotatable bonds is 11. The van der Waals surface area contributed by atoms with Crippen LogP contribution in [0, 0.1) is 0 Å². The third kappa shape index (κ3) is 6.36. The quantitative estimate of drug-likeness (QED) is 0.348. The third-order valence-electron chi connectivity index (χ3n) is 6.70. The Morgan fingerprint density at radius 1 is 0.838 bits per heavy atom. The van der Waals surface area contributed by atoms with Crippen molar-refractivity contribution >= 4 is 18.0 Å². The molecular formula is C30H32N2O5. The molecule has 0 aromatic heterocycles. The summed E-state index contributed by atoms with van der Waals surface area (Å²) in [6, 6.07) is 23.4. The van der Waals surface area contributed by atoms with Gasteiger partial charge in [-0.25, -0.2) is 9.59 Å². The molecule has 0 radical (unpaired) electrons. The maximum Gasteiger partial charge on any atom is 0.407 e. The zero-order valence-corrected chi connectivity index (χ0v) is 20.9. The predicted octanol–water partition coefficient (Wildman–Crippen LogP) is 4.90. The van der Waals surface area contributed by atoms with E-state index in [0.717, 1.165) is 34.2 Å². The fraction of sp³-hybridized carbons (Fsp3) is 0.300. The molecule has 2 amide bonds. The van der Waals surface area contributed by atoms with Gasteiger partial charge in [-0.2, -0.15) is 0 Å². The lowest BCUT2D eigenvalue weighted by atomic mass is 9.98. The van der Waals surface area contributed by atoms with Crippen LogP contribution in [-0.4, -0.2) is 41.8 Å². The Morgan fingerprint density at radius 3 is 2.03 bits per heavy atom. The smallest absolute Gasteiger partial charge is 0.407 e. The highest BCUT2D eigenvalue weighted by Gasteiger charge is 2.30. The van der Waals surface area contributed by atoms with Crippen molar-refractivity contribution in [1.82, 2.24) is 10.6 Å². The van der Waals surface area contributed by atoms with Crippen molar-refractivity contribution in [2.45, 2.75) is 50.6 Å². The van der Waals surface area contributed by atoms with E-state index in [-0.39, 0.29) is 18.9 Å². The third-order valence-corrected chi connectivity index (χ3v) is 6.70. The van der Waals surface area contributed by atoms with E-state index in [1.807, 2.05) is 73.7 Å². The standard InChI is InChI=1S/C30H32N2O5/c1-2-3-17-26(29(34)35)31-28(33)27(18-20-11-5-4-6-12-20)32-30(36)37-19-25-23-15-9-7-13-21(23)22-14-8-10-16-24(22)25/h4-16,25-27H,2-3,17-19H2,1H3,(H,31,33)(H,32,36)(H,34,35). The number of nitrogens with one attached hydrogen (secondary N) is 2. The zero-order valence-electron chi connectivity index (χ0n) is 20.9. The molecule has 0 saturated heterocycles. The van der Waals surface area contributed by atoms with Crippen LogP contribution >= 0.6 is 0 Å². The maximum absolute atomic E-state index is 13.1. The molecule has 3 aromatic rings. The average Bonchev–Trinajstić information content (AvgIpc) is 3.23. The number of benzene rings is 3. The number of aliphatic carboxylic acids is 1. The van der Waals surface area contributed by atoms with Crippen molar-refractivity contribution in [3.63, 3.8) is 0 Å². The minimum atomic E-state index is -1.10. The Hall–Kier alpha value is -4.13. The first-order chi connectivity index (χ1) is 18.0.